The fourth-order valence-corrected chi connectivity index (χ4v) is 3.41. The standard InChI is InChI=1S/C23H19N7O/c31-23(26-12-9-17-6-5-10-24-14-17)21-19-7-2-4-13-30(19)22(28-21)18-15-29(16-27-18)20-8-1-3-11-25-20/h1-8,10-11,13-16H,9,12H2,(H,26,31). The maximum Gasteiger partial charge on any atom is 0.272 e. The molecule has 0 bridgehead atoms. The minimum absolute atomic E-state index is 0.219. The van der Waals surface area contributed by atoms with Gasteiger partial charge in [-0.3, -0.25) is 18.7 Å². The summed E-state index contributed by atoms with van der Waals surface area (Å²) in [7, 11) is 0. The van der Waals surface area contributed by atoms with Gasteiger partial charge in [0, 0.05) is 37.5 Å². The topological polar surface area (TPSA) is 90.0 Å². The molecule has 0 aliphatic heterocycles. The Labute approximate surface area is 178 Å². The average Bonchev–Trinajstić information content (AvgIpc) is 3.46. The monoisotopic (exact) mass is 409 g/mol. The number of nitrogens with zero attached hydrogens (tertiary/aromatic N) is 6. The Morgan fingerprint density at radius 2 is 1.94 bits per heavy atom. The normalized spacial score (nSPS) is 11.0. The Morgan fingerprint density at radius 1 is 1.00 bits per heavy atom. The molecule has 152 valence electrons. The molecule has 5 heterocycles. The third-order valence-electron chi connectivity index (χ3n) is 4.91. The van der Waals surface area contributed by atoms with Crippen LogP contribution in [0.5, 0.6) is 0 Å². The lowest BCUT2D eigenvalue weighted by Gasteiger charge is -2.03. The van der Waals surface area contributed by atoms with Gasteiger partial charge in [0.25, 0.3) is 5.91 Å². The molecule has 0 radical (unpaired) electrons. The molecule has 0 unspecified atom stereocenters. The number of carbonyl (C=O) groups excluding carboxylic acids is 1. The molecule has 5 aromatic heterocycles. The van der Waals surface area contributed by atoms with Crippen LogP contribution in [0, 0.1) is 0 Å². The van der Waals surface area contributed by atoms with Crippen molar-refractivity contribution in [1.82, 2.24) is 34.2 Å². The number of fused-ring (bicyclic) bond motifs is 1. The number of pyridine rings is 3. The summed E-state index contributed by atoms with van der Waals surface area (Å²) >= 11 is 0. The van der Waals surface area contributed by atoms with Crippen LogP contribution in [-0.4, -0.2) is 41.4 Å². The van der Waals surface area contributed by atoms with Gasteiger partial charge in [-0.05, 0) is 42.3 Å². The summed E-state index contributed by atoms with van der Waals surface area (Å²) < 4.78 is 3.70. The van der Waals surface area contributed by atoms with E-state index in [1.54, 1.807) is 24.9 Å². The highest BCUT2D eigenvalue weighted by molar-refractivity contribution is 5.99. The molecule has 31 heavy (non-hydrogen) atoms. The van der Waals surface area contributed by atoms with Gasteiger partial charge in [0.2, 0.25) is 0 Å². The number of amides is 1. The first-order valence-corrected chi connectivity index (χ1v) is 9.89. The third-order valence-corrected chi connectivity index (χ3v) is 4.91. The van der Waals surface area contributed by atoms with Crippen molar-refractivity contribution in [2.75, 3.05) is 6.54 Å². The van der Waals surface area contributed by atoms with E-state index < -0.39 is 0 Å². The first kappa shape index (κ1) is 18.7. The highest BCUT2D eigenvalue weighted by atomic mass is 16.1. The van der Waals surface area contributed by atoms with Gasteiger partial charge in [-0.1, -0.05) is 18.2 Å². The lowest BCUT2D eigenvalue weighted by molar-refractivity contribution is 0.0951. The molecule has 5 rings (SSSR count). The van der Waals surface area contributed by atoms with Crippen LogP contribution in [0.15, 0.2) is 85.8 Å². The van der Waals surface area contributed by atoms with Gasteiger partial charge in [-0.15, -0.1) is 0 Å². The van der Waals surface area contributed by atoms with Gasteiger partial charge >= 0.3 is 0 Å². The van der Waals surface area contributed by atoms with Crippen molar-refractivity contribution in [2.45, 2.75) is 6.42 Å². The van der Waals surface area contributed by atoms with Crippen LogP contribution in [0.1, 0.15) is 16.1 Å². The van der Waals surface area contributed by atoms with Gasteiger partial charge in [0.15, 0.2) is 11.5 Å². The van der Waals surface area contributed by atoms with Crippen molar-refractivity contribution in [3.63, 3.8) is 0 Å². The van der Waals surface area contributed by atoms with E-state index in [0.717, 1.165) is 16.9 Å². The van der Waals surface area contributed by atoms with E-state index in [4.69, 9.17) is 0 Å². The van der Waals surface area contributed by atoms with E-state index in [0.29, 0.717) is 30.2 Å². The second-order valence-corrected chi connectivity index (χ2v) is 6.96. The van der Waals surface area contributed by atoms with Crippen LogP contribution in [0.25, 0.3) is 22.9 Å². The number of carbonyl (C=O) groups is 1. The highest BCUT2D eigenvalue weighted by Crippen LogP contribution is 2.22. The Balaban J connectivity index is 1.42. The molecular weight excluding hydrogens is 390 g/mol. The predicted molar refractivity (Wildman–Crippen MR) is 116 cm³/mol. The zero-order valence-electron chi connectivity index (χ0n) is 16.6. The Hall–Kier alpha value is -4.33. The second kappa shape index (κ2) is 8.19. The molecule has 1 N–H and O–H groups in total. The van der Waals surface area contributed by atoms with Crippen molar-refractivity contribution >= 4 is 11.4 Å². The molecule has 0 spiro atoms. The summed E-state index contributed by atoms with van der Waals surface area (Å²) in [5, 5.41) is 2.96. The number of rotatable bonds is 6. The number of hydrogen-bond acceptors (Lipinski definition) is 5. The van der Waals surface area contributed by atoms with Crippen molar-refractivity contribution < 1.29 is 4.79 Å². The number of aromatic nitrogens is 6. The van der Waals surface area contributed by atoms with Gasteiger partial charge in [-0.2, -0.15) is 0 Å². The van der Waals surface area contributed by atoms with Crippen LogP contribution in [-0.2, 0) is 6.42 Å². The highest BCUT2D eigenvalue weighted by Gasteiger charge is 2.19. The molecule has 8 nitrogen and oxygen atoms in total. The quantitative estimate of drug-likeness (QED) is 0.466. The number of hydrogen-bond donors (Lipinski definition) is 1. The second-order valence-electron chi connectivity index (χ2n) is 6.96. The fraction of sp³-hybridized carbons (Fsp3) is 0.0870. The van der Waals surface area contributed by atoms with Gasteiger partial charge in [0.05, 0.1) is 5.52 Å². The summed E-state index contributed by atoms with van der Waals surface area (Å²) in [6, 6.07) is 15.2. The molecule has 1 amide bonds. The van der Waals surface area contributed by atoms with Crippen molar-refractivity contribution in [3.05, 3.63) is 97.1 Å². The Morgan fingerprint density at radius 3 is 2.77 bits per heavy atom. The van der Waals surface area contributed by atoms with Gasteiger partial charge in [0.1, 0.15) is 17.8 Å². The molecule has 5 aromatic rings. The first-order valence-electron chi connectivity index (χ1n) is 9.89. The Bertz CT molecular complexity index is 1330. The molecule has 0 aliphatic carbocycles. The lowest BCUT2D eigenvalue weighted by Crippen LogP contribution is -2.26. The van der Waals surface area contributed by atoms with E-state index in [2.05, 4.69) is 25.3 Å². The van der Waals surface area contributed by atoms with Crippen LogP contribution < -0.4 is 5.32 Å². The van der Waals surface area contributed by atoms with Crippen LogP contribution in [0.3, 0.4) is 0 Å². The minimum atomic E-state index is -0.219. The number of nitrogens with one attached hydrogen (secondary N) is 1. The Kier molecular flexibility index (Phi) is 4.94. The number of imidazole rings is 2. The van der Waals surface area contributed by atoms with E-state index >= 15 is 0 Å². The molecular formula is C23H19N7O. The molecule has 0 aliphatic rings. The van der Waals surface area contributed by atoms with Crippen molar-refractivity contribution in [2.24, 2.45) is 0 Å². The summed E-state index contributed by atoms with van der Waals surface area (Å²) in [6.45, 7) is 0.500. The predicted octanol–water partition coefficient (Wildman–Crippen LogP) is 2.95. The van der Waals surface area contributed by atoms with Crippen molar-refractivity contribution in [1.29, 1.82) is 0 Å². The largest absolute Gasteiger partial charge is 0.350 e. The molecule has 0 saturated heterocycles. The summed E-state index contributed by atoms with van der Waals surface area (Å²) in [5.74, 6) is 1.14. The zero-order chi connectivity index (χ0) is 21.0. The van der Waals surface area contributed by atoms with E-state index in [1.165, 1.54) is 0 Å². The molecule has 0 atom stereocenters. The lowest BCUT2D eigenvalue weighted by atomic mass is 10.2. The summed E-state index contributed by atoms with van der Waals surface area (Å²) in [5.41, 5.74) is 2.82. The van der Waals surface area contributed by atoms with Gasteiger partial charge in [-0.25, -0.2) is 15.0 Å². The first-order chi connectivity index (χ1) is 15.3. The smallest absolute Gasteiger partial charge is 0.272 e. The molecule has 0 saturated carbocycles. The average molecular weight is 409 g/mol. The zero-order valence-corrected chi connectivity index (χ0v) is 16.6. The molecule has 0 fully saturated rings. The molecule has 8 heteroatoms. The van der Waals surface area contributed by atoms with E-state index in [1.807, 2.05) is 69.9 Å². The minimum Gasteiger partial charge on any atom is -0.350 e. The summed E-state index contributed by atoms with van der Waals surface area (Å²) in [6.07, 6.45) is 11.4. The fourth-order valence-electron chi connectivity index (χ4n) is 3.41. The third kappa shape index (κ3) is 3.78. The van der Waals surface area contributed by atoms with E-state index in [9.17, 15) is 4.79 Å². The maximum absolute atomic E-state index is 12.9. The van der Waals surface area contributed by atoms with Crippen molar-refractivity contribution in [3.8, 4) is 17.3 Å². The van der Waals surface area contributed by atoms with Crippen LogP contribution in [0.4, 0.5) is 0 Å². The molecule has 0 aromatic carbocycles. The van der Waals surface area contributed by atoms with Gasteiger partial charge < -0.3 is 5.32 Å². The van der Waals surface area contributed by atoms with E-state index in [-0.39, 0.29) is 5.91 Å². The maximum atomic E-state index is 12.9. The van der Waals surface area contributed by atoms with Crippen LogP contribution in [0.2, 0.25) is 0 Å². The van der Waals surface area contributed by atoms with Crippen LogP contribution >= 0.6 is 0 Å². The SMILES string of the molecule is O=C(NCCc1cccnc1)c1nc(-c2cn(-c3ccccn3)cn2)n2ccccc12. The summed E-state index contributed by atoms with van der Waals surface area (Å²) in [4.78, 5) is 30.4.